The smallest absolute Gasteiger partial charge is 0.0802 e. The van der Waals surface area contributed by atoms with Gasteiger partial charge in [0.15, 0.2) is 0 Å². The van der Waals surface area contributed by atoms with Crippen LogP contribution in [0.15, 0.2) is 0 Å². The first-order valence-corrected chi connectivity index (χ1v) is 7.56. The van der Waals surface area contributed by atoms with Crippen LogP contribution in [0.25, 0.3) is 0 Å². The van der Waals surface area contributed by atoms with Crippen molar-refractivity contribution in [2.75, 3.05) is 6.54 Å². The molecule has 1 aliphatic carbocycles. The fourth-order valence-electron chi connectivity index (χ4n) is 3.90. The van der Waals surface area contributed by atoms with Gasteiger partial charge in [0.1, 0.15) is 0 Å². The van der Waals surface area contributed by atoms with Gasteiger partial charge in [-0.05, 0) is 50.5 Å². The average Bonchev–Trinajstić information content (AvgIpc) is 2.29. The molecule has 2 rings (SSSR count). The van der Waals surface area contributed by atoms with Crippen molar-refractivity contribution in [3.8, 4) is 0 Å². The van der Waals surface area contributed by atoms with Gasteiger partial charge in [0.05, 0.1) is 5.60 Å². The molecule has 0 aromatic carbocycles. The van der Waals surface area contributed by atoms with Crippen LogP contribution >= 0.6 is 0 Å². The van der Waals surface area contributed by atoms with Crippen molar-refractivity contribution in [2.24, 2.45) is 11.8 Å². The van der Waals surface area contributed by atoms with Crippen LogP contribution in [0.4, 0.5) is 0 Å². The molecule has 100 valence electrons. The van der Waals surface area contributed by atoms with E-state index in [0.29, 0.717) is 6.04 Å². The van der Waals surface area contributed by atoms with Gasteiger partial charge in [0.25, 0.3) is 0 Å². The molecule has 2 N–H and O–H groups in total. The Hall–Kier alpha value is -0.0800. The van der Waals surface area contributed by atoms with E-state index in [0.717, 1.165) is 31.2 Å². The fourth-order valence-corrected chi connectivity index (χ4v) is 3.90. The number of nitrogens with one attached hydrogen (secondary N) is 1. The van der Waals surface area contributed by atoms with Crippen molar-refractivity contribution < 1.29 is 5.11 Å². The van der Waals surface area contributed by atoms with E-state index in [-0.39, 0.29) is 0 Å². The molecular formula is C15H29NO. The lowest BCUT2D eigenvalue weighted by Crippen LogP contribution is -2.55. The first-order valence-electron chi connectivity index (χ1n) is 7.56. The highest BCUT2D eigenvalue weighted by molar-refractivity contribution is 4.97. The molecule has 0 aromatic rings. The molecule has 1 saturated heterocycles. The van der Waals surface area contributed by atoms with Crippen LogP contribution in [-0.4, -0.2) is 23.3 Å². The predicted molar refractivity (Wildman–Crippen MR) is 72.0 cm³/mol. The van der Waals surface area contributed by atoms with Crippen molar-refractivity contribution in [2.45, 2.75) is 76.9 Å². The molecule has 2 aliphatic rings. The van der Waals surface area contributed by atoms with E-state index < -0.39 is 5.60 Å². The number of piperidine rings is 1. The number of hydrogen-bond donors (Lipinski definition) is 2. The zero-order valence-corrected chi connectivity index (χ0v) is 11.5. The van der Waals surface area contributed by atoms with Gasteiger partial charge in [-0.1, -0.05) is 33.1 Å². The summed E-state index contributed by atoms with van der Waals surface area (Å²) in [4.78, 5) is 0. The van der Waals surface area contributed by atoms with Crippen molar-refractivity contribution in [3.63, 3.8) is 0 Å². The molecule has 1 heterocycles. The number of hydrogen-bond acceptors (Lipinski definition) is 2. The second-order valence-corrected chi connectivity index (χ2v) is 6.70. The maximum absolute atomic E-state index is 10.9. The molecule has 0 spiro atoms. The van der Waals surface area contributed by atoms with E-state index in [1.807, 2.05) is 0 Å². The van der Waals surface area contributed by atoms with Gasteiger partial charge >= 0.3 is 0 Å². The minimum Gasteiger partial charge on any atom is -0.388 e. The van der Waals surface area contributed by atoms with Crippen molar-refractivity contribution in [1.29, 1.82) is 0 Å². The highest BCUT2D eigenvalue weighted by Gasteiger charge is 2.41. The molecule has 0 radical (unpaired) electrons. The van der Waals surface area contributed by atoms with Gasteiger partial charge in [-0.3, -0.25) is 0 Å². The standard InChI is InChI=1S/C15H29NO/c1-12(2)10-13-6-5-8-15(17,11-13)14-7-3-4-9-16-14/h12-14,16-17H,3-11H2,1-2H3. The second-order valence-electron chi connectivity index (χ2n) is 6.70. The van der Waals surface area contributed by atoms with Gasteiger partial charge < -0.3 is 10.4 Å². The molecular weight excluding hydrogens is 210 g/mol. The molecule has 3 unspecified atom stereocenters. The molecule has 2 fully saturated rings. The normalized spacial score (nSPS) is 39.5. The third kappa shape index (κ3) is 3.45. The summed E-state index contributed by atoms with van der Waals surface area (Å²) in [5.41, 5.74) is -0.405. The number of rotatable bonds is 3. The lowest BCUT2D eigenvalue weighted by molar-refractivity contribution is -0.0561. The molecule has 0 amide bonds. The Bertz CT molecular complexity index is 235. The fraction of sp³-hybridized carbons (Fsp3) is 1.00. The topological polar surface area (TPSA) is 32.3 Å². The van der Waals surface area contributed by atoms with E-state index >= 15 is 0 Å². The predicted octanol–water partition coefficient (Wildman–Crippen LogP) is 3.10. The Kier molecular flexibility index (Phi) is 4.48. The largest absolute Gasteiger partial charge is 0.388 e. The van der Waals surface area contributed by atoms with Crippen molar-refractivity contribution in [3.05, 3.63) is 0 Å². The molecule has 17 heavy (non-hydrogen) atoms. The van der Waals surface area contributed by atoms with Gasteiger partial charge in [-0.2, -0.15) is 0 Å². The monoisotopic (exact) mass is 239 g/mol. The lowest BCUT2D eigenvalue weighted by Gasteiger charge is -2.44. The third-order valence-corrected chi connectivity index (χ3v) is 4.63. The molecule has 2 nitrogen and oxygen atoms in total. The van der Waals surface area contributed by atoms with Crippen LogP contribution in [0.2, 0.25) is 0 Å². The van der Waals surface area contributed by atoms with E-state index in [2.05, 4.69) is 19.2 Å². The van der Waals surface area contributed by atoms with E-state index in [1.165, 1.54) is 38.5 Å². The van der Waals surface area contributed by atoms with E-state index in [4.69, 9.17) is 0 Å². The van der Waals surface area contributed by atoms with Crippen LogP contribution in [-0.2, 0) is 0 Å². The lowest BCUT2D eigenvalue weighted by atomic mass is 9.70. The summed E-state index contributed by atoms with van der Waals surface area (Å²) in [6.07, 6.45) is 9.61. The quantitative estimate of drug-likeness (QED) is 0.793. The highest BCUT2D eigenvalue weighted by atomic mass is 16.3. The Labute approximate surface area is 106 Å². The Morgan fingerprint density at radius 2 is 2.06 bits per heavy atom. The van der Waals surface area contributed by atoms with Gasteiger partial charge in [0, 0.05) is 6.04 Å². The molecule has 1 aliphatic heterocycles. The SMILES string of the molecule is CC(C)CC1CCCC(O)(C2CCCCN2)C1. The van der Waals surface area contributed by atoms with Gasteiger partial charge in [0.2, 0.25) is 0 Å². The third-order valence-electron chi connectivity index (χ3n) is 4.63. The summed E-state index contributed by atoms with van der Waals surface area (Å²) in [6, 6.07) is 0.367. The van der Waals surface area contributed by atoms with Crippen LogP contribution in [0, 0.1) is 11.8 Å². The minimum atomic E-state index is -0.405. The van der Waals surface area contributed by atoms with Crippen molar-refractivity contribution in [1.82, 2.24) is 5.32 Å². The second kappa shape index (κ2) is 5.71. The van der Waals surface area contributed by atoms with E-state index in [1.54, 1.807) is 0 Å². The summed E-state index contributed by atoms with van der Waals surface area (Å²) < 4.78 is 0. The molecule has 1 saturated carbocycles. The molecule has 3 atom stereocenters. The highest BCUT2D eigenvalue weighted by Crippen LogP contribution is 2.39. The Balaban J connectivity index is 1.93. The van der Waals surface area contributed by atoms with Gasteiger partial charge in [-0.15, -0.1) is 0 Å². The Morgan fingerprint density at radius 3 is 2.71 bits per heavy atom. The molecule has 0 bridgehead atoms. The zero-order chi connectivity index (χ0) is 12.3. The summed E-state index contributed by atoms with van der Waals surface area (Å²) in [5.74, 6) is 1.51. The minimum absolute atomic E-state index is 0.367. The maximum Gasteiger partial charge on any atom is 0.0802 e. The first kappa shape index (κ1) is 13.4. The van der Waals surface area contributed by atoms with Crippen LogP contribution < -0.4 is 5.32 Å². The summed E-state index contributed by atoms with van der Waals surface area (Å²) in [7, 11) is 0. The first-order chi connectivity index (χ1) is 8.10. The number of aliphatic hydroxyl groups is 1. The van der Waals surface area contributed by atoms with Crippen LogP contribution in [0.5, 0.6) is 0 Å². The average molecular weight is 239 g/mol. The summed E-state index contributed by atoms with van der Waals surface area (Å²) >= 11 is 0. The van der Waals surface area contributed by atoms with Crippen LogP contribution in [0.3, 0.4) is 0 Å². The van der Waals surface area contributed by atoms with E-state index in [9.17, 15) is 5.11 Å². The zero-order valence-electron chi connectivity index (χ0n) is 11.5. The van der Waals surface area contributed by atoms with Gasteiger partial charge in [-0.25, -0.2) is 0 Å². The van der Waals surface area contributed by atoms with Crippen molar-refractivity contribution >= 4 is 0 Å². The molecule has 2 heteroatoms. The summed E-state index contributed by atoms with van der Waals surface area (Å²) in [5, 5.41) is 14.5. The summed E-state index contributed by atoms with van der Waals surface area (Å²) in [6.45, 7) is 5.70. The molecule has 0 aromatic heterocycles. The maximum atomic E-state index is 10.9. The van der Waals surface area contributed by atoms with Crippen LogP contribution in [0.1, 0.15) is 65.2 Å². The Morgan fingerprint density at radius 1 is 1.24 bits per heavy atom.